The molecule has 0 bridgehead atoms. The molecular weight excluding hydrogens is 510 g/mol. The Hall–Kier alpha value is -3.15. The van der Waals surface area contributed by atoms with E-state index in [1.807, 2.05) is 13.8 Å². The minimum Gasteiger partial charge on any atom is -0.333 e. The molecule has 0 spiro atoms. The molecule has 1 aromatic carbocycles. The number of alkyl halides is 6. The fourth-order valence-corrected chi connectivity index (χ4v) is 4.91. The molecule has 0 radical (unpaired) electrons. The van der Waals surface area contributed by atoms with Crippen LogP contribution in [0.4, 0.5) is 32.3 Å². The average Bonchev–Trinajstić information content (AvgIpc) is 3.32. The third-order valence-electron chi connectivity index (χ3n) is 6.94. The minimum atomic E-state index is -4.92. The first-order chi connectivity index (χ1) is 17.9. The molecule has 1 fully saturated rings. The van der Waals surface area contributed by atoms with Crippen molar-refractivity contribution >= 4 is 5.95 Å². The second-order valence-electron chi connectivity index (χ2n) is 9.72. The minimum absolute atomic E-state index is 0.105. The molecule has 2 aromatic heterocycles. The number of anilines is 1. The van der Waals surface area contributed by atoms with Crippen molar-refractivity contribution in [1.29, 1.82) is 0 Å². The largest absolute Gasteiger partial charge is 0.416 e. The first-order valence-electron chi connectivity index (χ1n) is 12.5. The van der Waals surface area contributed by atoms with Gasteiger partial charge >= 0.3 is 12.4 Å². The number of nitrogens with one attached hydrogen (secondary N) is 1. The summed E-state index contributed by atoms with van der Waals surface area (Å²) in [6.45, 7) is 3.88. The number of piperidine rings is 1. The molecule has 3 aromatic rings. The SMILES string of the molecule is CC[C@@H]1C[C@H](N(Cc2cc(C(F)(F)F)cc(C(F)(F)F)c2)c2ncc(-c3cnn(C)c3)cn2)C[C@H](CC)N1. The monoisotopic (exact) mass is 540 g/mol. The van der Waals surface area contributed by atoms with Gasteiger partial charge in [-0.2, -0.15) is 31.4 Å². The zero-order valence-electron chi connectivity index (χ0n) is 21.3. The van der Waals surface area contributed by atoms with E-state index >= 15 is 0 Å². The zero-order chi connectivity index (χ0) is 27.7. The van der Waals surface area contributed by atoms with Crippen LogP contribution in [0.25, 0.3) is 11.1 Å². The van der Waals surface area contributed by atoms with Gasteiger partial charge < -0.3 is 10.2 Å². The highest BCUT2D eigenvalue weighted by atomic mass is 19.4. The van der Waals surface area contributed by atoms with E-state index in [0.717, 1.165) is 30.5 Å². The van der Waals surface area contributed by atoms with Crippen LogP contribution in [0.2, 0.25) is 0 Å². The number of aryl methyl sites for hydroxylation is 1. The van der Waals surface area contributed by atoms with Crippen molar-refractivity contribution in [3.63, 3.8) is 0 Å². The maximum absolute atomic E-state index is 13.5. The van der Waals surface area contributed by atoms with E-state index in [4.69, 9.17) is 0 Å². The summed E-state index contributed by atoms with van der Waals surface area (Å²) in [5, 5.41) is 7.70. The van der Waals surface area contributed by atoms with Crippen molar-refractivity contribution in [2.24, 2.45) is 7.05 Å². The summed E-state index contributed by atoms with van der Waals surface area (Å²) in [5.74, 6) is 0.250. The van der Waals surface area contributed by atoms with Gasteiger partial charge in [0.2, 0.25) is 5.95 Å². The quantitative estimate of drug-likeness (QED) is 0.360. The third-order valence-corrected chi connectivity index (χ3v) is 6.94. The average molecular weight is 541 g/mol. The Labute approximate surface area is 217 Å². The standard InChI is InChI=1S/C26H30F6N6/c1-4-21-9-23(10-22(5-2)36-21)38(24-33-11-17(12-34-24)18-13-35-37(3)15-18)14-16-6-19(25(27,28)29)8-20(7-16)26(30,31)32/h6-8,11-13,15,21-23,36H,4-5,9-10,14H2,1-3H3/t21-,22+,23+. The smallest absolute Gasteiger partial charge is 0.333 e. The highest BCUT2D eigenvalue weighted by Gasteiger charge is 2.38. The molecule has 0 unspecified atom stereocenters. The molecule has 0 aliphatic carbocycles. The first kappa shape index (κ1) is 27.9. The molecule has 1 saturated heterocycles. The van der Waals surface area contributed by atoms with Gasteiger partial charge in [-0.25, -0.2) is 9.97 Å². The second kappa shape index (κ2) is 10.9. The van der Waals surface area contributed by atoms with Gasteiger partial charge in [0.05, 0.1) is 17.3 Å². The van der Waals surface area contributed by atoms with Crippen LogP contribution in [0.1, 0.15) is 56.2 Å². The lowest BCUT2D eigenvalue weighted by Crippen LogP contribution is -2.52. The van der Waals surface area contributed by atoms with Crippen LogP contribution < -0.4 is 10.2 Å². The van der Waals surface area contributed by atoms with Crippen molar-refractivity contribution in [3.8, 4) is 11.1 Å². The number of nitrogens with zero attached hydrogens (tertiary/aromatic N) is 5. The molecule has 1 aliphatic heterocycles. The van der Waals surface area contributed by atoms with E-state index in [0.29, 0.717) is 18.4 Å². The van der Waals surface area contributed by atoms with Gasteiger partial charge in [-0.05, 0) is 49.4 Å². The Morgan fingerprint density at radius 1 is 0.868 bits per heavy atom. The fourth-order valence-electron chi connectivity index (χ4n) is 4.91. The van der Waals surface area contributed by atoms with E-state index in [-0.39, 0.29) is 42.2 Å². The number of benzene rings is 1. The van der Waals surface area contributed by atoms with Crippen molar-refractivity contribution in [1.82, 2.24) is 25.1 Å². The van der Waals surface area contributed by atoms with Crippen LogP contribution >= 0.6 is 0 Å². The number of hydrogen-bond donors (Lipinski definition) is 1. The van der Waals surface area contributed by atoms with E-state index in [9.17, 15) is 26.3 Å². The van der Waals surface area contributed by atoms with Crippen LogP contribution in [0.5, 0.6) is 0 Å². The van der Waals surface area contributed by atoms with Crippen molar-refractivity contribution in [3.05, 3.63) is 59.7 Å². The van der Waals surface area contributed by atoms with Crippen LogP contribution in [-0.2, 0) is 25.9 Å². The van der Waals surface area contributed by atoms with Crippen LogP contribution in [-0.4, -0.2) is 37.9 Å². The predicted octanol–water partition coefficient (Wildman–Crippen LogP) is 6.23. The Bertz CT molecular complexity index is 1180. The van der Waals surface area contributed by atoms with Crippen LogP contribution in [0.3, 0.4) is 0 Å². The lowest BCUT2D eigenvalue weighted by atomic mass is 9.89. The molecule has 1 aliphatic rings. The Balaban J connectivity index is 1.75. The molecule has 0 amide bonds. The van der Waals surface area contributed by atoms with E-state index in [1.165, 1.54) is 0 Å². The van der Waals surface area contributed by atoms with Gasteiger partial charge in [0.15, 0.2) is 0 Å². The summed E-state index contributed by atoms with van der Waals surface area (Å²) < 4.78 is 82.8. The normalized spacial score (nSPS) is 20.5. The molecule has 38 heavy (non-hydrogen) atoms. The maximum Gasteiger partial charge on any atom is 0.416 e. The van der Waals surface area contributed by atoms with Gasteiger partial charge in [0.25, 0.3) is 0 Å². The number of halogens is 6. The number of aromatic nitrogens is 4. The number of rotatable bonds is 7. The Morgan fingerprint density at radius 3 is 1.87 bits per heavy atom. The summed E-state index contributed by atoms with van der Waals surface area (Å²) in [6.07, 6.45) is -0.213. The molecule has 3 heterocycles. The van der Waals surface area contributed by atoms with Crippen molar-refractivity contribution < 1.29 is 26.3 Å². The van der Waals surface area contributed by atoms with Gasteiger partial charge in [-0.1, -0.05) is 13.8 Å². The summed E-state index contributed by atoms with van der Waals surface area (Å²) in [7, 11) is 1.77. The van der Waals surface area contributed by atoms with Gasteiger partial charge in [-0.3, -0.25) is 4.68 Å². The lowest BCUT2D eigenvalue weighted by Gasteiger charge is -2.41. The lowest BCUT2D eigenvalue weighted by molar-refractivity contribution is -0.143. The summed E-state index contributed by atoms with van der Waals surface area (Å²) >= 11 is 0. The Morgan fingerprint density at radius 2 is 1.42 bits per heavy atom. The molecule has 1 N–H and O–H groups in total. The molecule has 12 heteroatoms. The molecule has 0 saturated carbocycles. The number of hydrogen-bond acceptors (Lipinski definition) is 5. The van der Waals surface area contributed by atoms with Crippen LogP contribution in [0, 0.1) is 0 Å². The third kappa shape index (κ3) is 6.46. The molecule has 206 valence electrons. The maximum atomic E-state index is 13.5. The molecule has 4 rings (SSSR count). The van der Waals surface area contributed by atoms with E-state index in [2.05, 4.69) is 20.4 Å². The zero-order valence-corrected chi connectivity index (χ0v) is 21.3. The highest BCUT2D eigenvalue weighted by Crippen LogP contribution is 2.37. The van der Waals surface area contributed by atoms with Crippen molar-refractivity contribution in [2.75, 3.05) is 4.90 Å². The van der Waals surface area contributed by atoms with Crippen molar-refractivity contribution in [2.45, 2.75) is 76.6 Å². The second-order valence-corrected chi connectivity index (χ2v) is 9.72. The van der Waals surface area contributed by atoms with Gasteiger partial charge in [0.1, 0.15) is 0 Å². The summed E-state index contributed by atoms with van der Waals surface area (Å²) in [5.41, 5.74) is -1.29. The van der Waals surface area contributed by atoms with Gasteiger partial charge in [0, 0.05) is 61.4 Å². The van der Waals surface area contributed by atoms with Gasteiger partial charge in [-0.15, -0.1) is 0 Å². The van der Waals surface area contributed by atoms with Crippen LogP contribution in [0.15, 0.2) is 43.0 Å². The summed E-state index contributed by atoms with van der Waals surface area (Å²) in [4.78, 5) is 10.7. The van der Waals surface area contributed by atoms with E-state index < -0.39 is 23.5 Å². The van der Waals surface area contributed by atoms with E-state index in [1.54, 1.807) is 41.4 Å². The fraction of sp³-hybridized carbons (Fsp3) is 0.500. The summed E-state index contributed by atoms with van der Waals surface area (Å²) in [6, 6.07) is 1.84. The molecular formula is C26H30F6N6. The molecule has 6 nitrogen and oxygen atoms in total. The first-order valence-corrected chi connectivity index (χ1v) is 12.5. The predicted molar refractivity (Wildman–Crippen MR) is 131 cm³/mol. The topological polar surface area (TPSA) is 58.9 Å². The highest BCUT2D eigenvalue weighted by molar-refractivity contribution is 5.60. The molecule has 3 atom stereocenters. The Kier molecular flexibility index (Phi) is 8.01.